The number of hydrogen-bond acceptors (Lipinski definition) is 2. The monoisotopic (exact) mass is 260 g/mol. The second kappa shape index (κ2) is 6.09. The summed E-state index contributed by atoms with van der Waals surface area (Å²) in [5.74, 6) is 0.924. The Kier molecular flexibility index (Phi) is 4.46. The third kappa shape index (κ3) is 3.49. The molecule has 0 aromatic heterocycles. The van der Waals surface area contributed by atoms with Gasteiger partial charge in [-0.25, -0.2) is 0 Å². The SMILES string of the molecule is CCCN(CC1CC1)C(=O)c1ccc(NC)c(C)c1. The Morgan fingerprint density at radius 3 is 2.68 bits per heavy atom. The van der Waals surface area contributed by atoms with Crippen molar-refractivity contribution in [1.29, 1.82) is 0 Å². The van der Waals surface area contributed by atoms with Crippen LogP contribution in [0.4, 0.5) is 5.69 Å². The molecule has 1 aromatic rings. The van der Waals surface area contributed by atoms with Gasteiger partial charge >= 0.3 is 0 Å². The maximum atomic E-state index is 12.6. The lowest BCUT2D eigenvalue weighted by Gasteiger charge is -2.22. The summed E-state index contributed by atoms with van der Waals surface area (Å²) in [6.45, 7) is 5.96. The fourth-order valence-corrected chi connectivity index (χ4v) is 2.42. The van der Waals surface area contributed by atoms with Crippen molar-refractivity contribution in [2.75, 3.05) is 25.5 Å². The molecular formula is C16H24N2O. The molecule has 1 saturated carbocycles. The van der Waals surface area contributed by atoms with Gasteiger partial charge in [0.15, 0.2) is 0 Å². The summed E-state index contributed by atoms with van der Waals surface area (Å²) in [6.07, 6.45) is 3.59. The van der Waals surface area contributed by atoms with Crippen LogP contribution in [0, 0.1) is 12.8 Å². The molecule has 0 heterocycles. The predicted octanol–water partition coefficient (Wildman–Crippen LogP) is 3.30. The fourth-order valence-electron chi connectivity index (χ4n) is 2.42. The minimum absolute atomic E-state index is 0.180. The first-order valence-corrected chi connectivity index (χ1v) is 7.23. The molecule has 1 fully saturated rings. The predicted molar refractivity (Wildman–Crippen MR) is 79.6 cm³/mol. The Morgan fingerprint density at radius 2 is 2.16 bits per heavy atom. The van der Waals surface area contributed by atoms with Gasteiger partial charge < -0.3 is 10.2 Å². The molecule has 1 amide bonds. The van der Waals surface area contributed by atoms with E-state index in [1.807, 2.05) is 37.1 Å². The fraction of sp³-hybridized carbons (Fsp3) is 0.562. The summed E-state index contributed by atoms with van der Waals surface area (Å²) in [4.78, 5) is 14.6. The number of anilines is 1. The standard InChI is InChI=1S/C16H24N2O/c1-4-9-18(11-13-5-6-13)16(19)14-7-8-15(17-3)12(2)10-14/h7-8,10,13,17H,4-6,9,11H2,1-3H3. The maximum Gasteiger partial charge on any atom is 0.253 e. The number of carbonyl (C=O) groups is 1. The molecule has 104 valence electrons. The lowest BCUT2D eigenvalue weighted by Crippen LogP contribution is -2.33. The Bertz CT molecular complexity index is 452. The van der Waals surface area contributed by atoms with E-state index in [1.54, 1.807) is 0 Å². The zero-order valence-electron chi connectivity index (χ0n) is 12.2. The normalized spacial score (nSPS) is 14.3. The first-order valence-electron chi connectivity index (χ1n) is 7.23. The van der Waals surface area contributed by atoms with Crippen LogP contribution in [0.3, 0.4) is 0 Å². The van der Waals surface area contributed by atoms with Gasteiger partial charge in [0, 0.05) is 31.4 Å². The number of nitrogens with zero attached hydrogens (tertiary/aromatic N) is 1. The average molecular weight is 260 g/mol. The number of aryl methyl sites for hydroxylation is 1. The molecule has 0 atom stereocenters. The van der Waals surface area contributed by atoms with Crippen molar-refractivity contribution in [3.63, 3.8) is 0 Å². The van der Waals surface area contributed by atoms with Gasteiger partial charge in [-0.2, -0.15) is 0 Å². The summed E-state index contributed by atoms with van der Waals surface area (Å²) in [5.41, 5.74) is 3.02. The number of rotatable bonds is 6. The highest BCUT2D eigenvalue weighted by atomic mass is 16.2. The molecule has 0 unspecified atom stereocenters. The molecule has 3 nitrogen and oxygen atoms in total. The molecule has 3 heteroatoms. The van der Waals surface area contributed by atoms with E-state index in [1.165, 1.54) is 12.8 Å². The Hall–Kier alpha value is -1.51. The number of amides is 1. The van der Waals surface area contributed by atoms with E-state index in [0.29, 0.717) is 0 Å². The summed E-state index contributed by atoms with van der Waals surface area (Å²) in [6, 6.07) is 5.91. The Balaban J connectivity index is 2.12. The smallest absolute Gasteiger partial charge is 0.253 e. The topological polar surface area (TPSA) is 32.3 Å². The molecule has 19 heavy (non-hydrogen) atoms. The van der Waals surface area contributed by atoms with Crippen LogP contribution in [0.5, 0.6) is 0 Å². The quantitative estimate of drug-likeness (QED) is 0.851. The van der Waals surface area contributed by atoms with Gasteiger partial charge in [-0.05, 0) is 55.9 Å². The summed E-state index contributed by atoms with van der Waals surface area (Å²) in [7, 11) is 1.90. The minimum Gasteiger partial charge on any atom is -0.388 e. The summed E-state index contributed by atoms with van der Waals surface area (Å²) in [5, 5.41) is 3.13. The maximum absolute atomic E-state index is 12.6. The highest BCUT2D eigenvalue weighted by Crippen LogP contribution is 2.30. The van der Waals surface area contributed by atoms with E-state index < -0.39 is 0 Å². The van der Waals surface area contributed by atoms with Crippen molar-refractivity contribution in [3.8, 4) is 0 Å². The largest absolute Gasteiger partial charge is 0.388 e. The van der Waals surface area contributed by atoms with Crippen LogP contribution in [0.25, 0.3) is 0 Å². The molecule has 0 radical (unpaired) electrons. The number of benzene rings is 1. The Labute approximate surface area is 116 Å². The van der Waals surface area contributed by atoms with Crippen LogP contribution in [-0.4, -0.2) is 30.9 Å². The second-order valence-electron chi connectivity index (χ2n) is 5.47. The molecule has 0 bridgehead atoms. The van der Waals surface area contributed by atoms with Crippen molar-refractivity contribution < 1.29 is 4.79 Å². The lowest BCUT2D eigenvalue weighted by molar-refractivity contribution is 0.0747. The molecule has 0 aliphatic heterocycles. The number of carbonyl (C=O) groups excluding carboxylic acids is 1. The van der Waals surface area contributed by atoms with Crippen LogP contribution in [-0.2, 0) is 0 Å². The van der Waals surface area contributed by atoms with Gasteiger partial charge in [0.25, 0.3) is 5.91 Å². The van der Waals surface area contributed by atoms with Gasteiger partial charge in [0.05, 0.1) is 0 Å². The zero-order chi connectivity index (χ0) is 13.8. The summed E-state index contributed by atoms with van der Waals surface area (Å²) >= 11 is 0. The minimum atomic E-state index is 0.180. The highest BCUT2D eigenvalue weighted by Gasteiger charge is 2.26. The molecule has 1 aliphatic rings. The van der Waals surface area contributed by atoms with Crippen LogP contribution >= 0.6 is 0 Å². The number of hydrogen-bond donors (Lipinski definition) is 1. The molecule has 0 spiro atoms. The van der Waals surface area contributed by atoms with Crippen molar-refractivity contribution in [3.05, 3.63) is 29.3 Å². The van der Waals surface area contributed by atoms with E-state index in [9.17, 15) is 4.79 Å². The molecule has 0 saturated heterocycles. The molecule has 1 N–H and O–H groups in total. The summed E-state index contributed by atoms with van der Waals surface area (Å²) < 4.78 is 0. The molecule has 1 aliphatic carbocycles. The lowest BCUT2D eigenvalue weighted by atomic mass is 10.1. The Morgan fingerprint density at radius 1 is 1.42 bits per heavy atom. The van der Waals surface area contributed by atoms with Crippen LogP contribution in [0.1, 0.15) is 42.1 Å². The first kappa shape index (κ1) is 13.9. The molecule has 2 rings (SSSR count). The van der Waals surface area contributed by atoms with Gasteiger partial charge in [-0.15, -0.1) is 0 Å². The van der Waals surface area contributed by atoms with E-state index in [-0.39, 0.29) is 5.91 Å². The average Bonchev–Trinajstić information content (AvgIpc) is 3.21. The van der Waals surface area contributed by atoms with Crippen LogP contribution in [0.2, 0.25) is 0 Å². The van der Waals surface area contributed by atoms with E-state index in [2.05, 4.69) is 12.2 Å². The van der Waals surface area contributed by atoms with Crippen LogP contribution in [0.15, 0.2) is 18.2 Å². The van der Waals surface area contributed by atoms with Crippen molar-refractivity contribution >= 4 is 11.6 Å². The van der Waals surface area contributed by atoms with Gasteiger partial charge in [0.2, 0.25) is 0 Å². The van der Waals surface area contributed by atoms with Crippen molar-refractivity contribution in [1.82, 2.24) is 4.90 Å². The van der Waals surface area contributed by atoms with Gasteiger partial charge in [-0.3, -0.25) is 4.79 Å². The zero-order valence-corrected chi connectivity index (χ0v) is 12.2. The first-order chi connectivity index (χ1) is 9.15. The molecular weight excluding hydrogens is 236 g/mol. The van der Waals surface area contributed by atoms with Crippen molar-refractivity contribution in [2.45, 2.75) is 33.1 Å². The third-order valence-corrected chi connectivity index (χ3v) is 3.70. The highest BCUT2D eigenvalue weighted by molar-refractivity contribution is 5.95. The molecule has 1 aromatic carbocycles. The van der Waals surface area contributed by atoms with Crippen molar-refractivity contribution in [2.24, 2.45) is 5.92 Å². The van der Waals surface area contributed by atoms with Crippen LogP contribution < -0.4 is 5.32 Å². The van der Waals surface area contributed by atoms with Gasteiger partial charge in [0.1, 0.15) is 0 Å². The third-order valence-electron chi connectivity index (χ3n) is 3.70. The second-order valence-corrected chi connectivity index (χ2v) is 5.47. The van der Waals surface area contributed by atoms with E-state index in [4.69, 9.17) is 0 Å². The van der Waals surface area contributed by atoms with E-state index >= 15 is 0 Å². The van der Waals surface area contributed by atoms with Gasteiger partial charge in [-0.1, -0.05) is 6.92 Å². The van der Waals surface area contributed by atoms with E-state index in [0.717, 1.165) is 42.2 Å². The number of nitrogens with one attached hydrogen (secondary N) is 1.